The summed E-state index contributed by atoms with van der Waals surface area (Å²) in [5.74, 6) is 3.88. The molecule has 0 amide bonds. The highest BCUT2D eigenvalue weighted by atomic mass is 31.1. The van der Waals surface area contributed by atoms with E-state index in [1.165, 1.54) is 11.1 Å². The zero-order valence-electron chi connectivity index (χ0n) is 9.89. The van der Waals surface area contributed by atoms with Crippen LogP contribution in [-0.2, 0) is 4.57 Å². The molecule has 0 saturated carbocycles. The number of rotatable bonds is 6. The Morgan fingerprint density at radius 3 is 1.64 bits per heavy atom. The molecule has 0 aliphatic carbocycles. The van der Waals surface area contributed by atoms with E-state index in [1.54, 1.807) is 0 Å². The summed E-state index contributed by atoms with van der Waals surface area (Å²) in [4.78, 5) is 0. The Kier molecular flexibility index (Phi) is 7.89. The summed E-state index contributed by atoms with van der Waals surface area (Å²) in [6, 6.07) is 0. The predicted octanol–water partition coefficient (Wildman–Crippen LogP) is 4.95. The molecule has 0 bridgehead atoms. The Morgan fingerprint density at radius 2 is 1.36 bits per heavy atom. The van der Waals surface area contributed by atoms with Gasteiger partial charge in [0.15, 0.2) is 0 Å². The van der Waals surface area contributed by atoms with Crippen molar-refractivity contribution in [1.29, 1.82) is 0 Å². The number of allylic oxidation sites excluding steroid dienone is 2. The monoisotopic (exact) mass is 214 g/mol. The van der Waals surface area contributed by atoms with Crippen LogP contribution >= 0.6 is 7.80 Å². The first-order chi connectivity index (χ1) is 6.60. The van der Waals surface area contributed by atoms with Crippen LogP contribution < -0.4 is 0 Å². The van der Waals surface area contributed by atoms with E-state index >= 15 is 0 Å². The molecule has 0 unspecified atom stereocenters. The summed E-state index contributed by atoms with van der Waals surface area (Å²) in [5, 5.41) is 0. The molecule has 0 N–H and O–H groups in total. The number of hydrogen-bond acceptors (Lipinski definition) is 1. The second-order valence-electron chi connectivity index (χ2n) is 3.88. The number of hydrogen-bond donors (Lipinski definition) is 0. The topological polar surface area (TPSA) is 17.1 Å². The van der Waals surface area contributed by atoms with Crippen LogP contribution in [0.2, 0.25) is 0 Å². The zero-order chi connectivity index (χ0) is 11.0. The van der Waals surface area contributed by atoms with E-state index in [9.17, 15) is 4.57 Å². The lowest BCUT2D eigenvalue weighted by molar-refractivity contribution is 0.597. The third kappa shape index (κ3) is 7.15. The van der Waals surface area contributed by atoms with Crippen LogP contribution in [-0.4, -0.2) is 0 Å². The molecule has 0 rings (SSSR count). The molecule has 82 valence electrons. The van der Waals surface area contributed by atoms with E-state index in [1.807, 2.05) is 11.6 Å². The van der Waals surface area contributed by atoms with Crippen molar-refractivity contribution in [3.63, 3.8) is 0 Å². The minimum atomic E-state index is -1.61. The second-order valence-corrected chi connectivity index (χ2v) is 5.27. The largest absolute Gasteiger partial charge is 0.318 e. The summed E-state index contributed by atoms with van der Waals surface area (Å²) in [7, 11) is -1.61. The van der Waals surface area contributed by atoms with Crippen molar-refractivity contribution in [1.82, 2.24) is 0 Å². The van der Waals surface area contributed by atoms with Crippen LogP contribution in [0.5, 0.6) is 0 Å². The van der Waals surface area contributed by atoms with Gasteiger partial charge in [-0.1, -0.05) is 37.8 Å². The molecule has 0 aromatic rings. The summed E-state index contributed by atoms with van der Waals surface area (Å²) in [5.41, 5.74) is 2.52. The van der Waals surface area contributed by atoms with E-state index < -0.39 is 7.80 Å². The van der Waals surface area contributed by atoms with Crippen molar-refractivity contribution in [3.05, 3.63) is 22.8 Å². The van der Waals surface area contributed by atoms with Crippen molar-refractivity contribution >= 4 is 7.80 Å². The molecule has 0 radical (unpaired) electrons. The van der Waals surface area contributed by atoms with Crippen molar-refractivity contribution in [2.24, 2.45) is 0 Å². The molecule has 2 heteroatoms. The Hall–Kier alpha value is -0.290. The van der Waals surface area contributed by atoms with Gasteiger partial charge in [-0.3, -0.25) is 0 Å². The fourth-order valence-electron chi connectivity index (χ4n) is 1.46. The SMILES string of the molecule is CCCC(C)=C[PH](=O)C=C(C)CCC. The van der Waals surface area contributed by atoms with Gasteiger partial charge < -0.3 is 4.57 Å². The van der Waals surface area contributed by atoms with E-state index in [0.29, 0.717) is 0 Å². The van der Waals surface area contributed by atoms with Gasteiger partial charge in [-0.15, -0.1) is 0 Å². The first kappa shape index (κ1) is 13.7. The molecule has 14 heavy (non-hydrogen) atoms. The third-order valence-corrected chi connectivity index (χ3v) is 3.62. The smallest absolute Gasteiger partial charge is 0.117 e. The van der Waals surface area contributed by atoms with Gasteiger partial charge >= 0.3 is 0 Å². The lowest BCUT2D eigenvalue weighted by Gasteiger charge is -1.98. The van der Waals surface area contributed by atoms with E-state index in [-0.39, 0.29) is 0 Å². The van der Waals surface area contributed by atoms with E-state index in [2.05, 4.69) is 27.7 Å². The highest BCUT2D eigenvalue weighted by Crippen LogP contribution is 2.29. The average molecular weight is 214 g/mol. The summed E-state index contributed by atoms with van der Waals surface area (Å²) >= 11 is 0. The lowest BCUT2D eigenvalue weighted by Crippen LogP contribution is -1.74. The highest BCUT2D eigenvalue weighted by Gasteiger charge is 1.94. The van der Waals surface area contributed by atoms with Gasteiger partial charge in [0.25, 0.3) is 0 Å². The molecule has 1 nitrogen and oxygen atoms in total. The van der Waals surface area contributed by atoms with Crippen molar-refractivity contribution < 1.29 is 4.57 Å². The van der Waals surface area contributed by atoms with Gasteiger partial charge in [0.1, 0.15) is 7.80 Å². The Balaban J connectivity index is 4.21. The molecule has 0 spiro atoms. The minimum absolute atomic E-state index is 1.07. The first-order valence-electron chi connectivity index (χ1n) is 5.48. The highest BCUT2D eigenvalue weighted by molar-refractivity contribution is 7.51. The van der Waals surface area contributed by atoms with Gasteiger partial charge in [0, 0.05) is 0 Å². The summed E-state index contributed by atoms with van der Waals surface area (Å²) in [6.07, 6.45) is 4.40. The summed E-state index contributed by atoms with van der Waals surface area (Å²) < 4.78 is 11.6. The second kappa shape index (κ2) is 8.05. The first-order valence-corrected chi connectivity index (χ1v) is 7.04. The van der Waals surface area contributed by atoms with Crippen LogP contribution in [0.3, 0.4) is 0 Å². The standard InChI is InChI=1S/C12H23OP/c1-5-7-11(3)9-14(13)10-12(4)8-6-2/h9-10,14H,5-8H2,1-4H3. The Labute approximate surface area is 89.1 Å². The minimum Gasteiger partial charge on any atom is -0.318 e. The fourth-order valence-corrected chi connectivity index (χ4v) is 2.80. The van der Waals surface area contributed by atoms with Gasteiger partial charge in [-0.25, -0.2) is 0 Å². The molecular formula is C12H23OP. The van der Waals surface area contributed by atoms with Crippen LogP contribution in [0.25, 0.3) is 0 Å². The molecule has 0 aliphatic heterocycles. The Morgan fingerprint density at radius 1 is 1.00 bits per heavy atom. The molecule has 0 heterocycles. The van der Waals surface area contributed by atoms with Crippen LogP contribution in [0.15, 0.2) is 22.8 Å². The maximum absolute atomic E-state index is 11.6. The molecule has 0 fully saturated rings. The maximum Gasteiger partial charge on any atom is 0.117 e. The molecule has 0 aromatic carbocycles. The molecule has 0 aliphatic rings. The average Bonchev–Trinajstić information content (AvgIpc) is 2.03. The van der Waals surface area contributed by atoms with Crippen molar-refractivity contribution in [3.8, 4) is 0 Å². The zero-order valence-corrected chi connectivity index (χ0v) is 10.9. The van der Waals surface area contributed by atoms with Crippen molar-refractivity contribution in [2.75, 3.05) is 0 Å². The van der Waals surface area contributed by atoms with Gasteiger partial charge in [0.05, 0.1) is 0 Å². The predicted molar refractivity (Wildman–Crippen MR) is 66.3 cm³/mol. The Bertz CT molecular complexity index is 215. The van der Waals surface area contributed by atoms with E-state index in [4.69, 9.17) is 0 Å². The normalized spacial score (nSPS) is 15.7. The maximum atomic E-state index is 11.6. The molecule has 0 saturated heterocycles. The van der Waals surface area contributed by atoms with Crippen LogP contribution in [0.4, 0.5) is 0 Å². The quantitative estimate of drug-likeness (QED) is 0.571. The van der Waals surface area contributed by atoms with Crippen LogP contribution in [0.1, 0.15) is 53.4 Å². The van der Waals surface area contributed by atoms with Gasteiger partial charge in [0.2, 0.25) is 0 Å². The fraction of sp³-hybridized carbons (Fsp3) is 0.667. The molecule has 0 atom stereocenters. The third-order valence-electron chi connectivity index (χ3n) is 2.07. The van der Waals surface area contributed by atoms with Crippen LogP contribution in [0, 0.1) is 0 Å². The molecular weight excluding hydrogens is 191 g/mol. The van der Waals surface area contributed by atoms with Crippen molar-refractivity contribution in [2.45, 2.75) is 53.4 Å². The lowest BCUT2D eigenvalue weighted by atomic mass is 10.2. The van der Waals surface area contributed by atoms with Gasteiger partial charge in [-0.2, -0.15) is 0 Å². The summed E-state index contributed by atoms with van der Waals surface area (Å²) in [6.45, 7) is 8.42. The van der Waals surface area contributed by atoms with E-state index in [0.717, 1.165) is 25.7 Å². The molecule has 0 aromatic heterocycles. The van der Waals surface area contributed by atoms with Gasteiger partial charge in [-0.05, 0) is 38.3 Å².